The van der Waals surface area contributed by atoms with Crippen LogP contribution in [-0.2, 0) is 4.79 Å². The summed E-state index contributed by atoms with van der Waals surface area (Å²) in [5.41, 5.74) is 0. The summed E-state index contributed by atoms with van der Waals surface area (Å²) in [6.07, 6.45) is 3.22. The largest absolute Gasteiger partial charge is 0.356 e. The highest BCUT2D eigenvalue weighted by Gasteiger charge is 2.20. The zero-order valence-electron chi connectivity index (χ0n) is 6.61. The molecule has 1 aliphatic heterocycles. The predicted molar refractivity (Wildman–Crippen MR) is 40.9 cm³/mol. The van der Waals surface area contributed by atoms with Gasteiger partial charge in [-0.2, -0.15) is 0 Å². The lowest BCUT2D eigenvalue weighted by atomic mass is 9.94. The molecule has 11 heavy (non-hydrogen) atoms. The molecule has 1 saturated heterocycles. The second kappa shape index (κ2) is 4.31. The smallest absolute Gasteiger partial charge is 0.223 e. The number of carbonyl (C=O) groups is 1. The van der Waals surface area contributed by atoms with Crippen molar-refractivity contribution in [1.29, 1.82) is 0 Å². The summed E-state index contributed by atoms with van der Waals surface area (Å²) < 4.78 is 11.7. The molecule has 0 bridgehead atoms. The van der Waals surface area contributed by atoms with Crippen molar-refractivity contribution < 1.29 is 9.18 Å². The van der Waals surface area contributed by atoms with Crippen LogP contribution in [0.1, 0.15) is 25.7 Å². The van der Waals surface area contributed by atoms with Crippen molar-refractivity contribution in [2.24, 2.45) is 5.92 Å². The number of piperidine rings is 1. The van der Waals surface area contributed by atoms with E-state index in [9.17, 15) is 9.18 Å². The average molecular weight is 159 g/mol. The summed E-state index contributed by atoms with van der Waals surface area (Å²) in [5, 5.41) is 2.78. The monoisotopic (exact) mass is 159 g/mol. The van der Waals surface area contributed by atoms with Gasteiger partial charge in [-0.25, -0.2) is 0 Å². The van der Waals surface area contributed by atoms with Crippen LogP contribution in [0.25, 0.3) is 0 Å². The molecular weight excluding hydrogens is 145 g/mol. The maximum absolute atomic E-state index is 11.7. The van der Waals surface area contributed by atoms with Crippen molar-refractivity contribution in [3.05, 3.63) is 0 Å². The third-order valence-electron chi connectivity index (χ3n) is 2.09. The first kappa shape index (κ1) is 8.50. The molecule has 0 aromatic heterocycles. The molecule has 1 atom stereocenters. The number of carbonyl (C=O) groups excluding carboxylic acids is 1. The van der Waals surface area contributed by atoms with E-state index in [1.807, 2.05) is 0 Å². The van der Waals surface area contributed by atoms with Crippen molar-refractivity contribution in [2.45, 2.75) is 25.7 Å². The van der Waals surface area contributed by atoms with Crippen LogP contribution >= 0.6 is 0 Å². The molecule has 1 fully saturated rings. The lowest BCUT2D eigenvalue weighted by Gasteiger charge is -2.20. The normalized spacial score (nSPS) is 24.8. The Kier molecular flexibility index (Phi) is 3.33. The Morgan fingerprint density at radius 1 is 1.64 bits per heavy atom. The Balaban J connectivity index is 2.24. The van der Waals surface area contributed by atoms with E-state index in [0.717, 1.165) is 19.4 Å². The summed E-state index contributed by atoms with van der Waals surface area (Å²) in [5.74, 6) is 0.198. The van der Waals surface area contributed by atoms with Gasteiger partial charge in [-0.05, 0) is 25.7 Å². The number of amides is 1. The minimum absolute atomic E-state index is 0.0829. The van der Waals surface area contributed by atoms with Gasteiger partial charge < -0.3 is 5.32 Å². The molecule has 0 aliphatic carbocycles. The maximum atomic E-state index is 11.7. The van der Waals surface area contributed by atoms with Crippen molar-refractivity contribution >= 4 is 5.91 Å². The number of nitrogens with one attached hydrogen (secondary N) is 1. The molecule has 3 heteroatoms. The van der Waals surface area contributed by atoms with Gasteiger partial charge >= 0.3 is 0 Å². The zero-order chi connectivity index (χ0) is 8.10. The molecule has 0 aromatic rings. The van der Waals surface area contributed by atoms with Crippen molar-refractivity contribution in [2.75, 3.05) is 13.2 Å². The van der Waals surface area contributed by atoms with Crippen LogP contribution in [0.2, 0.25) is 0 Å². The molecule has 1 heterocycles. The van der Waals surface area contributed by atoms with Gasteiger partial charge in [0, 0.05) is 12.5 Å². The molecular formula is C8H14FNO. The van der Waals surface area contributed by atoms with E-state index in [-0.39, 0.29) is 18.5 Å². The molecule has 1 rings (SSSR count). The van der Waals surface area contributed by atoms with E-state index in [0.29, 0.717) is 12.8 Å². The van der Waals surface area contributed by atoms with Crippen molar-refractivity contribution in [1.82, 2.24) is 5.32 Å². The lowest BCUT2D eigenvalue weighted by Crippen LogP contribution is -2.36. The molecule has 2 nitrogen and oxygen atoms in total. The fourth-order valence-electron chi connectivity index (χ4n) is 1.43. The van der Waals surface area contributed by atoms with Gasteiger partial charge in [0.05, 0.1) is 6.67 Å². The quantitative estimate of drug-likeness (QED) is 0.660. The number of hydrogen-bond donors (Lipinski definition) is 1. The topological polar surface area (TPSA) is 29.1 Å². The highest BCUT2D eigenvalue weighted by Crippen LogP contribution is 2.16. The second-order valence-corrected chi connectivity index (χ2v) is 2.96. The van der Waals surface area contributed by atoms with Gasteiger partial charge in [0.15, 0.2) is 0 Å². The summed E-state index contributed by atoms with van der Waals surface area (Å²) in [6, 6.07) is 0. The summed E-state index contributed by atoms with van der Waals surface area (Å²) >= 11 is 0. The zero-order valence-corrected chi connectivity index (χ0v) is 6.61. The number of rotatable bonds is 3. The van der Waals surface area contributed by atoms with E-state index < -0.39 is 0 Å². The standard InChI is InChI=1S/C8H14FNO/c9-5-1-3-7-4-2-6-10-8(7)11/h7H,1-6H2,(H,10,11). The van der Waals surface area contributed by atoms with Crippen LogP contribution in [0.15, 0.2) is 0 Å². The first-order chi connectivity index (χ1) is 5.34. The molecule has 0 spiro atoms. The van der Waals surface area contributed by atoms with Crippen LogP contribution in [0.5, 0.6) is 0 Å². The molecule has 1 aliphatic rings. The molecule has 0 saturated carbocycles. The minimum atomic E-state index is -0.302. The van der Waals surface area contributed by atoms with Gasteiger partial charge in [-0.15, -0.1) is 0 Å². The van der Waals surface area contributed by atoms with E-state index >= 15 is 0 Å². The summed E-state index contributed by atoms with van der Waals surface area (Å²) in [6.45, 7) is 0.495. The third kappa shape index (κ3) is 2.48. The Morgan fingerprint density at radius 3 is 3.09 bits per heavy atom. The Hall–Kier alpha value is -0.600. The SMILES string of the molecule is O=C1NCCCC1CCCF. The van der Waals surface area contributed by atoms with Crippen LogP contribution in [-0.4, -0.2) is 19.1 Å². The van der Waals surface area contributed by atoms with Gasteiger partial charge in [0.2, 0.25) is 5.91 Å². The molecule has 0 aromatic carbocycles. The van der Waals surface area contributed by atoms with E-state index in [2.05, 4.69) is 5.32 Å². The summed E-state index contributed by atoms with van der Waals surface area (Å²) in [7, 11) is 0. The first-order valence-corrected chi connectivity index (χ1v) is 4.18. The third-order valence-corrected chi connectivity index (χ3v) is 2.09. The van der Waals surface area contributed by atoms with Gasteiger partial charge in [-0.1, -0.05) is 0 Å². The van der Waals surface area contributed by atoms with Crippen LogP contribution in [0, 0.1) is 5.92 Å². The lowest BCUT2D eigenvalue weighted by molar-refractivity contribution is -0.126. The maximum Gasteiger partial charge on any atom is 0.223 e. The number of alkyl halides is 1. The van der Waals surface area contributed by atoms with E-state index in [1.54, 1.807) is 0 Å². The van der Waals surface area contributed by atoms with Gasteiger partial charge in [0.25, 0.3) is 0 Å². The fraction of sp³-hybridized carbons (Fsp3) is 0.875. The van der Waals surface area contributed by atoms with Crippen molar-refractivity contribution in [3.8, 4) is 0 Å². The Bertz CT molecular complexity index is 138. The molecule has 1 N–H and O–H groups in total. The minimum Gasteiger partial charge on any atom is -0.356 e. The van der Waals surface area contributed by atoms with Gasteiger partial charge in [0.1, 0.15) is 0 Å². The highest BCUT2D eigenvalue weighted by atomic mass is 19.1. The molecule has 1 unspecified atom stereocenters. The fourth-order valence-corrected chi connectivity index (χ4v) is 1.43. The second-order valence-electron chi connectivity index (χ2n) is 2.96. The van der Waals surface area contributed by atoms with Crippen LogP contribution in [0.4, 0.5) is 4.39 Å². The predicted octanol–water partition coefficient (Wildman–Crippen LogP) is 1.26. The molecule has 1 amide bonds. The highest BCUT2D eigenvalue weighted by molar-refractivity contribution is 5.79. The van der Waals surface area contributed by atoms with Crippen molar-refractivity contribution in [3.63, 3.8) is 0 Å². The molecule has 0 radical (unpaired) electrons. The molecule has 64 valence electrons. The van der Waals surface area contributed by atoms with Crippen LogP contribution < -0.4 is 5.32 Å². The van der Waals surface area contributed by atoms with Gasteiger partial charge in [-0.3, -0.25) is 9.18 Å². The average Bonchev–Trinajstić information content (AvgIpc) is 2.03. The number of halogens is 1. The van der Waals surface area contributed by atoms with Crippen LogP contribution in [0.3, 0.4) is 0 Å². The van der Waals surface area contributed by atoms with E-state index in [4.69, 9.17) is 0 Å². The summed E-state index contributed by atoms with van der Waals surface area (Å²) in [4.78, 5) is 11.1. The first-order valence-electron chi connectivity index (χ1n) is 4.18. The Morgan fingerprint density at radius 2 is 2.45 bits per heavy atom. The number of hydrogen-bond acceptors (Lipinski definition) is 1. The Labute approximate surface area is 66.2 Å². The van der Waals surface area contributed by atoms with E-state index in [1.165, 1.54) is 0 Å².